The van der Waals surface area contributed by atoms with E-state index in [1.165, 1.54) is 149 Å². The third-order valence-electron chi connectivity index (χ3n) is 10.1. The molecule has 2 heteroatoms. The van der Waals surface area contributed by atoms with Gasteiger partial charge in [0.25, 0.3) is 0 Å². The normalized spacial score (nSPS) is 11.3. The van der Waals surface area contributed by atoms with Crippen molar-refractivity contribution in [2.45, 2.75) is 142 Å². The van der Waals surface area contributed by atoms with Crippen LogP contribution in [0.4, 0.5) is 11.4 Å². The van der Waals surface area contributed by atoms with E-state index < -0.39 is 0 Å². The molecule has 0 aliphatic rings. The Morgan fingerprint density at radius 2 is 0.667 bits per heavy atom. The zero-order chi connectivity index (χ0) is 33.8. The minimum Gasteiger partial charge on any atom is -0.399 e. The van der Waals surface area contributed by atoms with Crippen LogP contribution in [0, 0.1) is 0 Å². The van der Waals surface area contributed by atoms with E-state index in [0.29, 0.717) is 0 Å². The highest BCUT2D eigenvalue weighted by molar-refractivity contribution is 5.43. The smallest absolute Gasteiger partial charge is 0.0314 e. The molecule has 4 aromatic carbocycles. The predicted molar refractivity (Wildman–Crippen MR) is 211 cm³/mol. The van der Waals surface area contributed by atoms with Crippen LogP contribution in [0.3, 0.4) is 0 Å². The van der Waals surface area contributed by atoms with Crippen molar-refractivity contribution in [2.75, 3.05) is 11.5 Å². The van der Waals surface area contributed by atoms with Crippen molar-refractivity contribution in [3.63, 3.8) is 0 Å². The fourth-order valence-corrected chi connectivity index (χ4v) is 7.00. The summed E-state index contributed by atoms with van der Waals surface area (Å²) in [4.78, 5) is 0. The second-order valence-corrected chi connectivity index (χ2v) is 14.3. The van der Waals surface area contributed by atoms with Crippen molar-refractivity contribution < 1.29 is 0 Å². The molecule has 258 valence electrons. The summed E-state index contributed by atoms with van der Waals surface area (Å²) in [5.74, 6) is 0. The second kappa shape index (κ2) is 21.5. The first kappa shape index (κ1) is 37.3. The number of nitrogen functional groups attached to an aromatic ring is 2. The maximum atomic E-state index is 5.90. The molecule has 0 saturated heterocycles. The molecule has 0 unspecified atom stereocenters. The first-order valence-electron chi connectivity index (χ1n) is 19.4. The number of hydrogen-bond donors (Lipinski definition) is 2. The Kier molecular flexibility index (Phi) is 16.7. The Bertz CT molecular complexity index is 1340. The Balaban J connectivity index is 1.07. The number of unbranched alkanes of at least 4 members (excludes halogenated alkanes) is 11. The second-order valence-electron chi connectivity index (χ2n) is 14.3. The largest absolute Gasteiger partial charge is 0.399 e. The number of nitrogens with two attached hydrogens (primary N) is 2. The fourth-order valence-electron chi connectivity index (χ4n) is 7.00. The molecular weight excluding hydrogens is 581 g/mol. The molecule has 4 rings (SSSR count). The van der Waals surface area contributed by atoms with Crippen LogP contribution < -0.4 is 11.5 Å². The van der Waals surface area contributed by atoms with Gasteiger partial charge in [-0.1, -0.05) is 139 Å². The molecule has 4 N–H and O–H groups in total. The van der Waals surface area contributed by atoms with Crippen molar-refractivity contribution in [2.24, 2.45) is 0 Å². The first-order valence-corrected chi connectivity index (χ1v) is 19.4. The quantitative estimate of drug-likeness (QED) is 0.0623. The molecule has 48 heavy (non-hydrogen) atoms. The molecule has 0 fully saturated rings. The number of aryl methyl sites for hydroxylation is 4. The van der Waals surface area contributed by atoms with Gasteiger partial charge in [0.15, 0.2) is 0 Å². The lowest BCUT2D eigenvalue weighted by Crippen LogP contribution is -1.99. The van der Waals surface area contributed by atoms with E-state index in [2.05, 4.69) is 74.5 Å². The summed E-state index contributed by atoms with van der Waals surface area (Å²) >= 11 is 0. The lowest BCUT2D eigenvalue weighted by atomic mass is 9.93. The fraction of sp³-hybridized carbons (Fsp3) is 0.478. The Hall–Kier alpha value is -3.52. The summed E-state index contributed by atoms with van der Waals surface area (Å²) in [6.07, 6.45) is 25.5. The highest BCUT2D eigenvalue weighted by atomic mass is 14.5. The van der Waals surface area contributed by atoms with E-state index >= 15 is 0 Å². The molecule has 4 aromatic rings. The van der Waals surface area contributed by atoms with Crippen molar-refractivity contribution in [1.82, 2.24) is 0 Å². The standard InChI is InChI=1S/C46H64N2/c1-3-5-19-41-33-37(21-27-43(41)35-39-23-29-45(47)30-24-39)17-15-13-11-9-7-8-10-12-14-16-18-38-22-28-44(42(34-38)20-6-4-2)36-40-25-31-46(48)32-26-40/h21-34H,3-20,35-36,47-48H2,1-2H3. The Labute approximate surface area is 293 Å². The number of hydrogen-bond acceptors (Lipinski definition) is 2. The highest BCUT2D eigenvalue weighted by Gasteiger charge is 2.08. The maximum Gasteiger partial charge on any atom is 0.0314 e. The molecule has 0 aliphatic heterocycles. The van der Waals surface area contributed by atoms with Gasteiger partial charge in [-0.3, -0.25) is 0 Å². The van der Waals surface area contributed by atoms with Gasteiger partial charge in [0.2, 0.25) is 0 Å². The van der Waals surface area contributed by atoms with E-state index in [4.69, 9.17) is 11.5 Å². The summed E-state index contributed by atoms with van der Waals surface area (Å²) in [7, 11) is 0. The molecule has 0 aliphatic carbocycles. The molecule has 0 saturated carbocycles. The summed E-state index contributed by atoms with van der Waals surface area (Å²) < 4.78 is 0. The molecule has 0 atom stereocenters. The van der Waals surface area contributed by atoms with E-state index in [0.717, 1.165) is 24.2 Å². The molecular formula is C46H64N2. The average molecular weight is 645 g/mol. The highest BCUT2D eigenvalue weighted by Crippen LogP contribution is 2.23. The van der Waals surface area contributed by atoms with Gasteiger partial charge in [-0.15, -0.1) is 0 Å². The van der Waals surface area contributed by atoms with Gasteiger partial charge in [0.1, 0.15) is 0 Å². The summed E-state index contributed by atoms with van der Waals surface area (Å²) in [6, 6.07) is 31.3. The number of benzene rings is 4. The molecule has 2 nitrogen and oxygen atoms in total. The van der Waals surface area contributed by atoms with Crippen molar-refractivity contribution >= 4 is 11.4 Å². The molecule has 0 amide bonds. The lowest BCUT2D eigenvalue weighted by molar-refractivity contribution is 0.551. The topological polar surface area (TPSA) is 52.0 Å². The number of rotatable bonds is 23. The third-order valence-corrected chi connectivity index (χ3v) is 10.1. The zero-order valence-electron chi connectivity index (χ0n) is 30.4. The van der Waals surface area contributed by atoms with Crippen LogP contribution in [-0.2, 0) is 38.5 Å². The van der Waals surface area contributed by atoms with Crippen molar-refractivity contribution in [3.8, 4) is 0 Å². The monoisotopic (exact) mass is 645 g/mol. The van der Waals surface area contributed by atoms with E-state index in [1.54, 1.807) is 11.1 Å². The molecule has 0 radical (unpaired) electrons. The third kappa shape index (κ3) is 13.5. The summed E-state index contributed by atoms with van der Waals surface area (Å²) in [5.41, 5.74) is 25.3. The van der Waals surface area contributed by atoms with Crippen molar-refractivity contribution in [3.05, 3.63) is 129 Å². The summed E-state index contributed by atoms with van der Waals surface area (Å²) in [6.45, 7) is 4.58. The minimum absolute atomic E-state index is 0.840. The number of anilines is 2. The van der Waals surface area contributed by atoms with Crippen LogP contribution in [0.1, 0.15) is 148 Å². The van der Waals surface area contributed by atoms with Crippen LogP contribution in [0.2, 0.25) is 0 Å². The van der Waals surface area contributed by atoms with Gasteiger partial charge >= 0.3 is 0 Å². The lowest BCUT2D eigenvalue weighted by Gasteiger charge is -2.13. The van der Waals surface area contributed by atoms with Crippen molar-refractivity contribution in [1.29, 1.82) is 0 Å². The van der Waals surface area contributed by atoms with E-state index in [1.807, 2.05) is 24.3 Å². The van der Waals surface area contributed by atoms with Crippen LogP contribution in [0.5, 0.6) is 0 Å². The Morgan fingerprint density at radius 3 is 1.02 bits per heavy atom. The van der Waals surface area contributed by atoms with Gasteiger partial charge in [0.05, 0.1) is 0 Å². The molecule has 0 spiro atoms. The molecule has 0 bridgehead atoms. The van der Waals surface area contributed by atoms with Gasteiger partial charge in [-0.25, -0.2) is 0 Å². The Morgan fingerprint density at radius 1 is 0.333 bits per heavy atom. The van der Waals surface area contributed by atoms with Gasteiger partial charge in [0, 0.05) is 11.4 Å². The minimum atomic E-state index is 0.840. The average Bonchev–Trinajstić information content (AvgIpc) is 3.10. The SMILES string of the molecule is CCCCc1cc(CCCCCCCCCCCCc2ccc(Cc3ccc(N)cc3)c(CCCC)c2)ccc1Cc1ccc(N)cc1. The van der Waals surface area contributed by atoms with Gasteiger partial charge < -0.3 is 11.5 Å². The van der Waals surface area contributed by atoms with Gasteiger partial charge in [-0.05, 0) is 133 Å². The van der Waals surface area contributed by atoms with Crippen LogP contribution in [-0.4, -0.2) is 0 Å². The van der Waals surface area contributed by atoms with Crippen LogP contribution in [0.15, 0.2) is 84.9 Å². The van der Waals surface area contributed by atoms with Crippen LogP contribution >= 0.6 is 0 Å². The molecule has 0 aromatic heterocycles. The summed E-state index contributed by atoms with van der Waals surface area (Å²) in [5, 5.41) is 0. The van der Waals surface area contributed by atoms with E-state index in [9.17, 15) is 0 Å². The zero-order valence-corrected chi connectivity index (χ0v) is 30.4. The first-order chi connectivity index (χ1) is 23.5. The predicted octanol–water partition coefficient (Wildman–Crippen LogP) is 12.4. The van der Waals surface area contributed by atoms with Crippen LogP contribution in [0.25, 0.3) is 0 Å². The maximum absolute atomic E-state index is 5.90. The van der Waals surface area contributed by atoms with E-state index in [-0.39, 0.29) is 0 Å². The molecule has 0 heterocycles. The van der Waals surface area contributed by atoms with Gasteiger partial charge in [-0.2, -0.15) is 0 Å².